The van der Waals surface area contributed by atoms with E-state index < -0.39 is 0 Å². The third kappa shape index (κ3) is 2.22. The predicted molar refractivity (Wildman–Crippen MR) is 68.0 cm³/mol. The summed E-state index contributed by atoms with van der Waals surface area (Å²) >= 11 is 2.03. The standard InChI is InChI=1S/C12H19N3OS/c16-8-9-4-5-15-11(7-9)13-14-12(15)10-3-1-2-6-17-10/h9-10,16H,1-8H2. The molecule has 2 atom stereocenters. The lowest BCUT2D eigenvalue weighted by molar-refractivity contribution is 0.198. The fraction of sp³-hybridized carbons (Fsp3) is 0.833. The van der Waals surface area contributed by atoms with E-state index in [0.29, 0.717) is 11.2 Å². The van der Waals surface area contributed by atoms with Crippen LogP contribution in [-0.4, -0.2) is 32.2 Å². The van der Waals surface area contributed by atoms with Crippen molar-refractivity contribution >= 4 is 11.8 Å². The van der Waals surface area contributed by atoms with Gasteiger partial charge in [-0.1, -0.05) is 6.42 Å². The van der Waals surface area contributed by atoms with Crippen molar-refractivity contribution in [3.05, 3.63) is 11.6 Å². The van der Waals surface area contributed by atoms with Gasteiger partial charge in [-0.05, 0) is 30.9 Å². The maximum absolute atomic E-state index is 9.21. The molecule has 4 nitrogen and oxygen atoms in total. The van der Waals surface area contributed by atoms with E-state index in [1.165, 1.54) is 30.8 Å². The first kappa shape index (κ1) is 11.5. The normalized spacial score (nSPS) is 29.0. The summed E-state index contributed by atoms with van der Waals surface area (Å²) in [4.78, 5) is 0. The van der Waals surface area contributed by atoms with Crippen molar-refractivity contribution in [1.29, 1.82) is 0 Å². The van der Waals surface area contributed by atoms with Gasteiger partial charge in [0.05, 0.1) is 5.25 Å². The lowest BCUT2D eigenvalue weighted by Crippen LogP contribution is -2.24. The molecule has 3 heterocycles. The lowest BCUT2D eigenvalue weighted by Gasteiger charge is -2.25. The van der Waals surface area contributed by atoms with Crippen LogP contribution in [0.5, 0.6) is 0 Å². The largest absolute Gasteiger partial charge is 0.396 e. The molecule has 5 heteroatoms. The first-order chi connectivity index (χ1) is 8.38. The van der Waals surface area contributed by atoms with Gasteiger partial charge in [0.15, 0.2) is 0 Å². The maximum Gasteiger partial charge on any atom is 0.146 e. The molecule has 1 fully saturated rings. The summed E-state index contributed by atoms with van der Waals surface area (Å²) in [6.45, 7) is 1.26. The van der Waals surface area contributed by atoms with Gasteiger partial charge in [-0.25, -0.2) is 0 Å². The van der Waals surface area contributed by atoms with Gasteiger partial charge in [0.2, 0.25) is 0 Å². The summed E-state index contributed by atoms with van der Waals surface area (Å²) in [5, 5.41) is 18.5. The van der Waals surface area contributed by atoms with E-state index in [0.717, 1.165) is 25.2 Å². The number of aromatic nitrogens is 3. The smallest absolute Gasteiger partial charge is 0.146 e. The van der Waals surface area contributed by atoms with E-state index in [-0.39, 0.29) is 6.61 Å². The van der Waals surface area contributed by atoms with Gasteiger partial charge in [-0.3, -0.25) is 0 Å². The van der Waals surface area contributed by atoms with Crippen molar-refractivity contribution in [1.82, 2.24) is 14.8 Å². The van der Waals surface area contributed by atoms with Crippen LogP contribution >= 0.6 is 11.8 Å². The molecule has 3 rings (SSSR count). The molecule has 1 aromatic rings. The molecule has 0 bridgehead atoms. The summed E-state index contributed by atoms with van der Waals surface area (Å²) in [5.41, 5.74) is 0. The summed E-state index contributed by atoms with van der Waals surface area (Å²) < 4.78 is 2.30. The van der Waals surface area contributed by atoms with Crippen molar-refractivity contribution in [2.75, 3.05) is 12.4 Å². The van der Waals surface area contributed by atoms with E-state index >= 15 is 0 Å². The van der Waals surface area contributed by atoms with E-state index in [1.54, 1.807) is 0 Å². The van der Waals surface area contributed by atoms with Crippen LogP contribution in [-0.2, 0) is 13.0 Å². The topological polar surface area (TPSA) is 50.9 Å². The van der Waals surface area contributed by atoms with Crippen molar-refractivity contribution < 1.29 is 5.11 Å². The van der Waals surface area contributed by atoms with Crippen LogP contribution in [0.25, 0.3) is 0 Å². The predicted octanol–water partition coefficient (Wildman–Crippen LogP) is 1.79. The number of hydrogen-bond acceptors (Lipinski definition) is 4. The molecule has 17 heavy (non-hydrogen) atoms. The monoisotopic (exact) mass is 253 g/mol. The second-order valence-electron chi connectivity index (χ2n) is 5.02. The molecule has 2 aliphatic heterocycles. The zero-order chi connectivity index (χ0) is 11.7. The summed E-state index contributed by atoms with van der Waals surface area (Å²) in [6.07, 6.45) is 5.85. The molecular formula is C12H19N3OS. The Morgan fingerprint density at radius 2 is 2.24 bits per heavy atom. The van der Waals surface area contributed by atoms with Gasteiger partial charge in [-0.15, -0.1) is 10.2 Å². The van der Waals surface area contributed by atoms with Crippen LogP contribution in [0.1, 0.15) is 42.6 Å². The number of thioether (sulfide) groups is 1. The molecule has 94 valence electrons. The number of aliphatic hydroxyl groups excluding tert-OH is 1. The van der Waals surface area contributed by atoms with Crippen molar-refractivity contribution in [2.24, 2.45) is 5.92 Å². The van der Waals surface area contributed by atoms with Gasteiger partial charge in [-0.2, -0.15) is 11.8 Å². The zero-order valence-electron chi connectivity index (χ0n) is 10.0. The summed E-state index contributed by atoms with van der Waals surface area (Å²) in [7, 11) is 0. The minimum Gasteiger partial charge on any atom is -0.396 e. The third-order valence-corrected chi connectivity index (χ3v) is 5.19. The first-order valence-electron chi connectivity index (χ1n) is 6.53. The van der Waals surface area contributed by atoms with Crippen LogP contribution in [0.15, 0.2) is 0 Å². The number of nitrogens with zero attached hydrogens (tertiary/aromatic N) is 3. The molecule has 0 saturated carbocycles. The van der Waals surface area contributed by atoms with Crippen LogP contribution in [0.4, 0.5) is 0 Å². The van der Waals surface area contributed by atoms with Gasteiger partial charge in [0.25, 0.3) is 0 Å². The maximum atomic E-state index is 9.21. The van der Waals surface area contributed by atoms with Crippen molar-refractivity contribution in [3.8, 4) is 0 Å². The van der Waals surface area contributed by atoms with Gasteiger partial charge < -0.3 is 9.67 Å². The van der Waals surface area contributed by atoms with E-state index in [9.17, 15) is 5.11 Å². The second-order valence-corrected chi connectivity index (χ2v) is 6.33. The summed E-state index contributed by atoms with van der Waals surface area (Å²) in [6, 6.07) is 0. The van der Waals surface area contributed by atoms with Crippen LogP contribution < -0.4 is 0 Å². The molecular weight excluding hydrogens is 234 g/mol. The highest BCUT2D eigenvalue weighted by atomic mass is 32.2. The van der Waals surface area contributed by atoms with Crippen LogP contribution in [0.2, 0.25) is 0 Å². The fourth-order valence-electron chi connectivity index (χ4n) is 2.75. The molecule has 1 saturated heterocycles. The molecule has 0 aliphatic carbocycles. The van der Waals surface area contributed by atoms with Crippen LogP contribution in [0.3, 0.4) is 0 Å². The Kier molecular flexibility index (Phi) is 3.38. The Balaban J connectivity index is 1.80. The Bertz CT molecular complexity index is 387. The minimum absolute atomic E-state index is 0.278. The number of hydrogen-bond donors (Lipinski definition) is 1. The van der Waals surface area contributed by atoms with Crippen LogP contribution in [0, 0.1) is 5.92 Å². The molecule has 0 aromatic carbocycles. The molecule has 1 aromatic heterocycles. The highest BCUT2D eigenvalue weighted by molar-refractivity contribution is 7.99. The van der Waals surface area contributed by atoms with Gasteiger partial charge in [0, 0.05) is 19.6 Å². The Morgan fingerprint density at radius 1 is 1.29 bits per heavy atom. The molecule has 2 aliphatic rings. The van der Waals surface area contributed by atoms with Crippen molar-refractivity contribution in [2.45, 2.75) is 43.9 Å². The van der Waals surface area contributed by atoms with Crippen molar-refractivity contribution in [3.63, 3.8) is 0 Å². The SMILES string of the molecule is OCC1CCn2c(nnc2C2CCCCS2)C1. The van der Waals surface area contributed by atoms with E-state index in [2.05, 4.69) is 14.8 Å². The average molecular weight is 253 g/mol. The third-order valence-electron chi connectivity index (χ3n) is 3.81. The number of fused-ring (bicyclic) bond motifs is 1. The average Bonchev–Trinajstić information content (AvgIpc) is 2.82. The first-order valence-corrected chi connectivity index (χ1v) is 7.58. The Morgan fingerprint density at radius 3 is 3.00 bits per heavy atom. The highest BCUT2D eigenvalue weighted by Crippen LogP contribution is 2.38. The lowest BCUT2D eigenvalue weighted by atomic mass is 9.99. The molecule has 0 amide bonds. The van der Waals surface area contributed by atoms with E-state index in [4.69, 9.17) is 0 Å². The Hall–Kier alpha value is -0.550. The summed E-state index contributed by atoms with van der Waals surface area (Å²) in [5.74, 6) is 3.91. The van der Waals surface area contributed by atoms with Gasteiger partial charge >= 0.3 is 0 Å². The molecule has 1 N–H and O–H groups in total. The second kappa shape index (κ2) is 4.98. The van der Waals surface area contributed by atoms with E-state index in [1.807, 2.05) is 11.8 Å². The molecule has 2 unspecified atom stereocenters. The quantitative estimate of drug-likeness (QED) is 0.873. The number of aliphatic hydroxyl groups is 1. The molecule has 0 radical (unpaired) electrons. The highest BCUT2D eigenvalue weighted by Gasteiger charge is 2.27. The Labute approximate surface area is 106 Å². The minimum atomic E-state index is 0.278. The fourth-order valence-corrected chi connectivity index (χ4v) is 4.07. The number of rotatable bonds is 2. The molecule has 0 spiro atoms. The zero-order valence-corrected chi connectivity index (χ0v) is 10.8. The van der Waals surface area contributed by atoms with Gasteiger partial charge in [0.1, 0.15) is 11.6 Å².